The number of rotatable bonds is 4. The molecule has 2 unspecified atom stereocenters. The van der Waals surface area contributed by atoms with Crippen molar-refractivity contribution < 1.29 is 18.8 Å². The summed E-state index contributed by atoms with van der Waals surface area (Å²) < 4.78 is 24.4. The molecule has 0 radical (unpaired) electrons. The Labute approximate surface area is 115 Å². The van der Waals surface area contributed by atoms with Crippen molar-refractivity contribution in [2.24, 2.45) is 5.73 Å². The Kier molecular flexibility index (Phi) is 4.39. The molecule has 1 aromatic carbocycles. The Balaban J connectivity index is 2.25. The third kappa shape index (κ3) is 2.98. The van der Waals surface area contributed by atoms with Gasteiger partial charge in [0.1, 0.15) is 6.10 Å². The number of nitro benzene ring substituents is 1. The van der Waals surface area contributed by atoms with Gasteiger partial charge in [-0.2, -0.15) is 0 Å². The van der Waals surface area contributed by atoms with E-state index in [1.54, 1.807) is 0 Å². The highest BCUT2D eigenvalue weighted by Crippen LogP contribution is 2.35. The molecule has 7 heteroatoms. The number of nitro groups is 1. The number of methoxy groups -OCH3 is 1. The van der Waals surface area contributed by atoms with Crippen molar-refractivity contribution in [3.05, 3.63) is 28.1 Å². The Hall–Kier alpha value is -1.89. The van der Waals surface area contributed by atoms with Gasteiger partial charge < -0.3 is 15.2 Å². The van der Waals surface area contributed by atoms with Crippen LogP contribution in [0.5, 0.6) is 11.5 Å². The second kappa shape index (κ2) is 6.04. The minimum atomic E-state index is -0.782. The summed E-state index contributed by atoms with van der Waals surface area (Å²) in [5.74, 6) is -0.874. The Morgan fingerprint density at radius 2 is 2.05 bits per heavy atom. The van der Waals surface area contributed by atoms with Crippen molar-refractivity contribution in [2.45, 2.75) is 37.8 Å². The molecule has 0 amide bonds. The summed E-state index contributed by atoms with van der Waals surface area (Å²) in [6.07, 6.45) is 3.32. The summed E-state index contributed by atoms with van der Waals surface area (Å²) in [5.41, 5.74) is 5.51. The molecule has 1 aliphatic carbocycles. The molecule has 1 fully saturated rings. The lowest BCUT2D eigenvalue weighted by molar-refractivity contribution is -0.386. The molecule has 0 aromatic heterocycles. The third-order valence-corrected chi connectivity index (χ3v) is 3.46. The van der Waals surface area contributed by atoms with Gasteiger partial charge in [-0.05, 0) is 19.3 Å². The maximum absolute atomic E-state index is 13.9. The first-order chi connectivity index (χ1) is 9.52. The first-order valence-electron chi connectivity index (χ1n) is 6.47. The largest absolute Gasteiger partial charge is 0.490 e. The highest BCUT2D eigenvalue weighted by atomic mass is 19.1. The summed E-state index contributed by atoms with van der Waals surface area (Å²) in [7, 11) is 1.29. The van der Waals surface area contributed by atoms with Crippen molar-refractivity contribution in [1.29, 1.82) is 0 Å². The molecular formula is C13H17FN2O4. The fraction of sp³-hybridized carbons (Fsp3) is 0.538. The molecule has 2 rings (SSSR count). The van der Waals surface area contributed by atoms with Crippen molar-refractivity contribution in [3.8, 4) is 11.5 Å². The second-order valence-electron chi connectivity index (χ2n) is 4.82. The molecule has 0 saturated heterocycles. The van der Waals surface area contributed by atoms with Crippen LogP contribution in [0.3, 0.4) is 0 Å². The van der Waals surface area contributed by atoms with Crippen LogP contribution in [-0.2, 0) is 0 Å². The number of benzene rings is 1. The maximum Gasteiger partial charge on any atom is 0.314 e. The van der Waals surface area contributed by atoms with E-state index in [0.717, 1.165) is 31.7 Å². The van der Waals surface area contributed by atoms with Gasteiger partial charge in [-0.15, -0.1) is 0 Å². The van der Waals surface area contributed by atoms with E-state index in [1.807, 2.05) is 0 Å². The van der Waals surface area contributed by atoms with Gasteiger partial charge in [0.15, 0.2) is 11.6 Å². The standard InChI is InChI=1S/C13H17FN2O4/c1-19-13-7-12(8(14)6-10(13)16(17)18)20-11-5-3-2-4-9(11)15/h6-7,9,11H,2-5,15H2,1H3. The van der Waals surface area contributed by atoms with Crippen LogP contribution in [0.15, 0.2) is 12.1 Å². The normalized spacial score (nSPS) is 22.4. The second-order valence-corrected chi connectivity index (χ2v) is 4.82. The summed E-state index contributed by atoms with van der Waals surface area (Å²) in [6.45, 7) is 0. The summed E-state index contributed by atoms with van der Waals surface area (Å²) >= 11 is 0. The highest BCUT2D eigenvalue weighted by Gasteiger charge is 2.26. The molecule has 2 atom stereocenters. The van der Waals surface area contributed by atoms with E-state index in [9.17, 15) is 14.5 Å². The number of halogens is 1. The molecule has 20 heavy (non-hydrogen) atoms. The van der Waals surface area contributed by atoms with Crippen molar-refractivity contribution in [1.82, 2.24) is 0 Å². The fourth-order valence-electron chi connectivity index (χ4n) is 2.36. The van der Waals surface area contributed by atoms with E-state index in [-0.39, 0.29) is 23.6 Å². The molecule has 110 valence electrons. The molecule has 1 saturated carbocycles. The summed E-state index contributed by atoms with van der Waals surface area (Å²) in [4.78, 5) is 10.1. The topological polar surface area (TPSA) is 87.6 Å². The zero-order chi connectivity index (χ0) is 14.7. The van der Waals surface area contributed by atoms with E-state index >= 15 is 0 Å². The van der Waals surface area contributed by atoms with Crippen LogP contribution < -0.4 is 15.2 Å². The van der Waals surface area contributed by atoms with Crippen LogP contribution in [0, 0.1) is 15.9 Å². The van der Waals surface area contributed by atoms with Crippen LogP contribution in [0.4, 0.5) is 10.1 Å². The lowest BCUT2D eigenvalue weighted by Crippen LogP contribution is -2.41. The Morgan fingerprint density at radius 3 is 2.65 bits per heavy atom. The van der Waals surface area contributed by atoms with Gasteiger partial charge in [0.2, 0.25) is 5.75 Å². The maximum atomic E-state index is 13.9. The smallest absolute Gasteiger partial charge is 0.314 e. The molecular weight excluding hydrogens is 267 g/mol. The van der Waals surface area contributed by atoms with Gasteiger partial charge in [0, 0.05) is 12.1 Å². The van der Waals surface area contributed by atoms with Gasteiger partial charge in [-0.25, -0.2) is 4.39 Å². The molecule has 0 aliphatic heterocycles. The lowest BCUT2D eigenvalue weighted by atomic mass is 9.93. The molecule has 0 heterocycles. The zero-order valence-corrected chi connectivity index (χ0v) is 11.2. The van der Waals surface area contributed by atoms with Gasteiger partial charge in [0.25, 0.3) is 0 Å². The monoisotopic (exact) mass is 284 g/mol. The summed E-state index contributed by atoms with van der Waals surface area (Å²) in [6, 6.07) is 1.86. The van der Waals surface area contributed by atoms with Crippen LogP contribution >= 0.6 is 0 Å². The molecule has 6 nitrogen and oxygen atoms in total. The minimum absolute atomic E-state index is 0.0317. The molecule has 1 aliphatic rings. The number of hydrogen-bond donors (Lipinski definition) is 1. The van der Waals surface area contributed by atoms with Crippen molar-refractivity contribution in [3.63, 3.8) is 0 Å². The average Bonchev–Trinajstić information content (AvgIpc) is 2.42. The van der Waals surface area contributed by atoms with Gasteiger partial charge >= 0.3 is 5.69 Å². The van der Waals surface area contributed by atoms with E-state index in [1.165, 1.54) is 13.2 Å². The predicted octanol–water partition coefficient (Wildman–Crippen LogP) is 2.39. The number of nitrogens with two attached hydrogens (primary N) is 1. The predicted molar refractivity (Wildman–Crippen MR) is 70.5 cm³/mol. The first kappa shape index (κ1) is 14.5. The number of hydrogen-bond acceptors (Lipinski definition) is 5. The Morgan fingerprint density at radius 1 is 1.35 bits per heavy atom. The highest BCUT2D eigenvalue weighted by molar-refractivity contribution is 5.51. The first-order valence-corrected chi connectivity index (χ1v) is 6.47. The zero-order valence-electron chi connectivity index (χ0n) is 11.2. The number of ether oxygens (including phenoxy) is 2. The van der Waals surface area contributed by atoms with Crippen molar-refractivity contribution in [2.75, 3.05) is 7.11 Å². The summed E-state index contributed by atoms with van der Waals surface area (Å²) in [5, 5.41) is 10.8. The molecule has 0 bridgehead atoms. The van der Waals surface area contributed by atoms with Crippen LogP contribution in [-0.4, -0.2) is 24.2 Å². The number of nitrogens with zero attached hydrogens (tertiary/aromatic N) is 1. The van der Waals surface area contributed by atoms with E-state index in [0.29, 0.717) is 0 Å². The van der Waals surface area contributed by atoms with E-state index in [4.69, 9.17) is 15.2 Å². The Bertz CT molecular complexity index is 509. The van der Waals surface area contributed by atoms with Crippen LogP contribution in [0.1, 0.15) is 25.7 Å². The van der Waals surface area contributed by atoms with Gasteiger partial charge in [-0.3, -0.25) is 10.1 Å². The van der Waals surface area contributed by atoms with E-state index in [2.05, 4.69) is 0 Å². The lowest BCUT2D eigenvalue weighted by Gasteiger charge is -2.29. The van der Waals surface area contributed by atoms with E-state index < -0.39 is 16.4 Å². The molecule has 1 aromatic rings. The molecule has 2 N–H and O–H groups in total. The van der Waals surface area contributed by atoms with Gasteiger partial charge in [-0.1, -0.05) is 6.42 Å². The van der Waals surface area contributed by atoms with Crippen LogP contribution in [0.25, 0.3) is 0 Å². The quantitative estimate of drug-likeness (QED) is 0.677. The van der Waals surface area contributed by atoms with Gasteiger partial charge in [0.05, 0.1) is 18.1 Å². The molecule has 0 spiro atoms. The fourth-order valence-corrected chi connectivity index (χ4v) is 2.36. The third-order valence-electron chi connectivity index (χ3n) is 3.46. The van der Waals surface area contributed by atoms with Crippen molar-refractivity contribution >= 4 is 5.69 Å². The minimum Gasteiger partial charge on any atom is -0.490 e. The SMILES string of the molecule is COc1cc(OC2CCCCC2N)c(F)cc1[N+](=O)[O-]. The average molecular weight is 284 g/mol. The van der Waals surface area contributed by atoms with Crippen LogP contribution in [0.2, 0.25) is 0 Å².